The van der Waals surface area contributed by atoms with Gasteiger partial charge < -0.3 is 35.2 Å². The van der Waals surface area contributed by atoms with Gasteiger partial charge in [0.15, 0.2) is 12.4 Å². The minimum Gasteiger partial charge on any atom is -0.386 e. The first-order valence-corrected chi connectivity index (χ1v) is 13.0. The van der Waals surface area contributed by atoms with E-state index in [2.05, 4.69) is 13.6 Å². The maximum absolute atomic E-state index is 14.7. The van der Waals surface area contributed by atoms with Crippen LogP contribution in [-0.2, 0) is 27.1 Å². The van der Waals surface area contributed by atoms with Crippen LogP contribution in [0, 0.1) is 0 Å². The predicted octanol–water partition coefficient (Wildman–Crippen LogP) is 0.253. The highest BCUT2D eigenvalue weighted by atomic mass is 35.5. The maximum Gasteiger partial charge on any atom is 0.488 e. The summed E-state index contributed by atoms with van der Waals surface area (Å²) in [6.45, 7) is 0. The first-order chi connectivity index (χ1) is 14.4. The number of nitrogens with two attached hydrogens (primary N) is 1. The number of alkyl halides is 2. The molecular weight excluding hydrogens is 533 g/mol. The highest BCUT2D eigenvalue weighted by Gasteiger charge is 2.56. The molecule has 2 unspecified atom stereocenters. The lowest BCUT2D eigenvalue weighted by Crippen LogP contribution is -2.42. The molecule has 1 aliphatic rings. The van der Waals surface area contributed by atoms with Crippen LogP contribution in [0.4, 0.5) is 14.6 Å². The molecule has 1 saturated heterocycles. The van der Waals surface area contributed by atoms with Gasteiger partial charge in [0.25, 0.3) is 0 Å². The molecule has 1 aliphatic heterocycles. The summed E-state index contributed by atoms with van der Waals surface area (Å²) >= 11 is 5.63. The SMILES string of the molecule is Nc1ccn([C@@H]2O[C@@](/C=C(/F)P(=O)(O)OP(=O)(O)OP(=O)(O)O)(CCl)[C@@H](O)[C@H]2F)c(=O)n1. The third-order valence-electron chi connectivity index (χ3n) is 3.81. The Bertz CT molecular complexity index is 1110. The molecule has 7 N–H and O–H groups in total. The summed E-state index contributed by atoms with van der Waals surface area (Å²) in [5.74, 6) is -1.22. The lowest BCUT2D eigenvalue weighted by atomic mass is 9.98. The van der Waals surface area contributed by atoms with Gasteiger partial charge in [-0.05, 0) is 12.1 Å². The molecule has 0 radical (unpaired) electrons. The van der Waals surface area contributed by atoms with Gasteiger partial charge in [0, 0.05) is 6.20 Å². The minimum absolute atomic E-state index is 0.0503. The van der Waals surface area contributed by atoms with Gasteiger partial charge in [-0.25, -0.2) is 22.6 Å². The number of nitrogen functional groups attached to an aromatic ring is 1. The Balaban J connectivity index is 2.40. The number of phosphoric acid groups is 2. The molecule has 21 heteroatoms. The first kappa shape index (κ1) is 27.2. The summed E-state index contributed by atoms with van der Waals surface area (Å²) in [4.78, 5) is 50.9. The fraction of sp³-hybridized carbons (Fsp3) is 0.455. The molecular formula is C11H15ClF2N3O12P3. The van der Waals surface area contributed by atoms with E-state index >= 15 is 0 Å². The van der Waals surface area contributed by atoms with Gasteiger partial charge in [0.1, 0.15) is 17.5 Å². The highest BCUT2D eigenvalue weighted by Crippen LogP contribution is 2.69. The number of halogens is 3. The van der Waals surface area contributed by atoms with Crippen molar-refractivity contribution >= 4 is 40.7 Å². The van der Waals surface area contributed by atoms with Crippen molar-refractivity contribution in [2.24, 2.45) is 0 Å². The summed E-state index contributed by atoms with van der Waals surface area (Å²) in [5.41, 5.74) is -0.786. The average Bonchev–Trinajstić information content (AvgIpc) is 2.84. The summed E-state index contributed by atoms with van der Waals surface area (Å²) in [5, 5.41) is 10.2. The van der Waals surface area contributed by atoms with Crippen molar-refractivity contribution in [3.8, 4) is 0 Å². The van der Waals surface area contributed by atoms with E-state index in [0.717, 1.165) is 12.3 Å². The first-order valence-electron chi connectivity index (χ1n) is 7.86. The Labute approximate surface area is 181 Å². The molecule has 1 aromatic heterocycles. The lowest BCUT2D eigenvalue weighted by molar-refractivity contribution is -0.0616. The number of aromatic nitrogens is 2. The van der Waals surface area contributed by atoms with Gasteiger partial charge in [-0.2, -0.15) is 13.7 Å². The molecule has 32 heavy (non-hydrogen) atoms. The normalized spacial score (nSPS) is 30.6. The molecule has 0 aromatic carbocycles. The van der Waals surface area contributed by atoms with Gasteiger partial charge in [-0.15, -0.1) is 11.6 Å². The topological polar surface area (TPSA) is 241 Å². The second-order valence-electron chi connectivity index (χ2n) is 6.14. The van der Waals surface area contributed by atoms with Crippen LogP contribution < -0.4 is 11.4 Å². The number of hydrogen-bond acceptors (Lipinski definition) is 10. The molecule has 2 heterocycles. The summed E-state index contributed by atoms with van der Waals surface area (Å²) in [6.07, 6.45) is -5.91. The predicted molar refractivity (Wildman–Crippen MR) is 100 cm³/mol. The molecule has 2 rings (SSSR count). The Morgan fingerprint density at radius 1 is 1.34 bits per heavy atom. The summed E-state index contributed by atoms with van der Waals surface area (Å²) in [6, 6.07) is 1.07. The van der Waals surface area contributed by atoms with Crippen molar-refractivity contribution in [2.75, 3.05) is 11.6 Å². The molecule has 15 nitrogen and oxygen atoms in total. The smallest absolute Gasteiger partial charge is 0.386 e. The standard InChI is InChI=1S/C11H15ClF2N3O12P3/c12-4-11(3-5(13)30(20,21)28-32(25,26)29-31(22,23)24)8(18)7(14)9(27-11)17-2-1-6(15)16-10(17)19/h1-3,7-9,18H,4H2,(H,20,21)(H,25,26)(H2,15,16,19)(H2,22,23,24)/b5-3-/t7-,8+,9-,11+/m1/s1. The number of rotatable bonds is 8. The van der Waals surface area contributed by atoms with Gasteiger partial charge in [-0.3, -0.25) is 9.13 Å². The monoisotopic (exact) mass is 547 g/mol. The lowest BCUT2D eigenvalue weighted by Gasteiger charge is -2.26. The van der Waals surface area contributed by atoms with Crippen LogP contribution in [0.2, 0.25) is 0 Å². The fourth-order valence-electron chi connectivity index (χ4n) is 2.49. The van der Waals surface area contributed by atoms with Gasteiger partial charge in [-0.1, -0.05) is 0 Å². The molecule has 0 spiro atoms. The molecule has 1 aromatic rings. The highest BCUT2D eigenvalue weighted by molar-refractivity contribution is 7.69. The van der Waals surface area contributed by atoms with E-state index in [0.29, 0.717) is 4.57 Å². The van der Waals surface area contributed by atoms with Crippen molar-refractivity contribution in [3.63, 3.8) is 0 Å². The van der Waals surface area contributed by atoms with Crippen molar-refractivity contribution in [1.82, 2.24) is 9.55 Å². The van der Waals surface area contributed by atoms with Crippen molar-refractivity contribution in [2.45, 2.75) is 24.1 Å². The third-order valence-corrected chi connectivity index (χ3v) is 8.28. The maximum atomic E-state index is 14.7. The fourth-order valence-corrected chi connectivity index (χ4v) is 6.07. The van der Waals surface area contributed by atoms with Crippen LogP contribution in [0.5, 0.6) is 0 Å². The van der Waals surface area contributed by atoms with Crippen LogP contribution in [0.15, 0.2) is 28.7 Å². The number of hydrogen-bond donors (Lipinski definition) is 6. The van der Waals surface area contributed by atoms with Gasteiger partial charge >= 0.3 is 28.9 Å². The molecule has 0 amide bonds. The van der Waals surface area contributed by atoms with E-state index in [1.807, 2.05) is 0 Å². The second-order valence-corrected chi connectivity index (χ2v) is 11.1. The van der Waals surface area contributed by atoms with E-state index in [1.54, 1.807) is 0 Å². The number of aliphatic hydroxyl groups excluding tert-OH is 1. The van der Waals surface area contributed by atoms with E-state index < -0.39 is 64.5 Å². The zero-order valence-electron chi connectivity index (χ0n) is 15.2. The average molecular weight is 548 g/mol. The Morgan fingerprint density at radius 2 is 1.94 bits per heavy atom. The van der Waals surface area contributed by atoms with Crippen molar-refractivity contribution in [1.29, 1.82) is 0 Å². The molecule has 0 saturated carbocycles. The Kier molecular flexibility index (Phi) is 7.90. The van der Waals surface area contributed by atoms with Crippen LogP contribution >= 0.6 is 34.8 Å². The van der Waals surface area contributed by atoms with Crippen molar-refractivity contribution in [3.05, 3.63) is 34.4 Å². The zero-order valence-corrected chi connectivity index (χ0v) is 18.7. The molecule has 0 aliphatic carbocycles. The number of nitrogens with zero attached hydrogens (tertiary/aromatic N) is 2. The Morgan fingerprint density at radius 3 is 2.44 bits per heavy atom. The quantitative estimate of drug-likeness (QED) is 0.189. The molecule has 6 atom stereocenters. The second kappa shape index (κ2) is 9.29. The van der Waals surface area contributed by atoms with E-state index in [-0.39, 0.29) is 11.9 Å². The zero-order chi connectivity index (χ0) is 24.7. The Hall–Kier alpha value is -1.06. The van der Waals surface area contributed by atoms with Crippen LogP contribution in [0.3, 0.4) is 0 Å². The van der Waals surface area contributed by atoms with Crippen LogP contribution in [-0.4, -0.2) is 58.0 Å². The third kappa shape index (κ3) is 6.08. The number of ether oxygens (including phenoxy) is 1. The van der Waals surface area contributed by atoms with Crippen LogP contribution in [0.1, 0.15) is 6.23 Å². The molecule has 1 fully saturated rings. The van der Waals surface area contributed by atoms with Crippen molar-refractivity contribution < 1.29 is 60.5 Å². The van der Waals surface area contributed by atoms with Gasteiger partial charge in [0.2, 0.25) is 5.57 Å². The number of anilines is 1. The van der Waals surface area contributed by atoms with E-state index in [4.69, 9.17) is 36.8 Å². The minimum atomic E-state index is -6.01. The largest absolute Gasteiger partial charge is 0.488 e. The van der Waals surface area contributed by atoms with E-state index in [9.17, 15) is 37.3 Å². The van der Waals surface area contributed by atoms with Crippen LogP contribution in [0.25, 0.3) is 0 Å². The summed E-state index contributed by atoms with van der Waals surface area (Å²) in [7, 11) is -17.7. The van der Waals surface area contributed by atoms with Gasteiger partial charge in [0.05, 0.1) is 5.88 Å². The molecule has 0 bridgehead atoms. The molecule has 182 valence electrons. The van der Waals surface area contributed by atoms with E-state index in [1.165, 1.54) is 0 Å². The number of aliphatic hydroxyl groups is 1. The summed E-state index contributed by atoms with van der Waals surface area (Å²) < 4.78 is 75.7.